The lowest BCUT2D eigenvalue weighted by Crippen LogP contribution is -2.28. The number of hydrogen-bond acceptors (Lipinski definition) is 4. The van der Waals surface area contributed by atoms with Gasteiger partial charge in [-0.2, -0.15) is 5.10 Å². The van der Waals surface area contributed by atoms with Crippen LogP contribution in [0, 0.1) is 0 Å². The molecule has 0 saturated carbocycles. The summed E-state index contributed by atoms with van der Waals surface area (Å²) >= 11 is 3.34. The summed E-state index contributed by atoms with van der Waals surface area (Å²) in [6, 6.07) is 16.5. The lowest BCUT2D eigenvalue weighted by atomic mass is 10.1. The topological polar surface area (TPSA) is 88.6 Å². The number of anilines is 1. The van der Waals surface area contributed by atoms with E-state index in [1.807, 2.05) is 42.5 Å². The van der Waals surface area contributed by atoms with Crippen molar-refractivity contribution in [1.29, 1.82) is 0 Å². The Morgan fingerprint density at radius 3 is 2.48 bits per heavy atom. The second-order valence-electron chi connectivity index (χ2n) is 6.43. The van der Waals surface area contributed by atoms with Crippen molar-refractivity contribution in [3.05, 3.63) is 87.4 Å². The van der Waals surface area contributed by atoms with Gasteiger partial charge in [-0.3, -0.25) is 9.59 Å². The van der Waals surface area contributed by atoms with Crippen LogP contribution in [0.3, 0.4) is 0 Å². The molecule has 2 heterocycles. The number of benzene rings is 2. The molecule has 4 rings (SSSR count). The number of halogens is 1. The lowest BCUT2D eigenvalue weighted by molar-refractivity contribution is -0.116. The minimum Gasteiger partial charge on any atom is -0.392 e. The van der Waals surface area contributed by atoms with Gasteiger partial charge in [0.15, 0.2) is 0 Å². The van der Waals surface area contributed by atoms with Crippen molar-refractivity contribution >= 4 is 33.0 Å². The van der Waals surface area contributed by atoms with Gasteiger partial charge in [-0.15, -0.1) is 0 Å². The van der Waals surface area contributed by atoms with Crippen LogP contribution in [0.15, 0.2) is 76.3 Å². The van der Waals surface area contributed by atoms with Crippen LogP contribution in [0.2, 0.25) is 0 Å². The number of carbonyl (C=O) groups excluding carboxylic acids is 1. The third-order valence-corrected chi connectivity index (χ3v) is 5.04. The van der Waals surface area contributed by atoms with Crippen LogP contribution in [-0.4, -0.2) is 25.2 Å². The first-order chi connectivity index (χ1) is 14.1. The average Bonchev–Trinajstić information content (AvgIpc) is 3.12. The summed E-state index contributed by atoms with van der Waals surface area (Å²) in [7, 11) is 0. The molecule has 0 fully saturated rings. The summed E-state index contributed by atoms with van der Waals surface area (Å²) in [5.74, 6) is -0.327. The third kappa shape index (κ3) is 3.85. The number of nitrogens with one attached hydrogen (secondary N) is 1. The van der Waals surface area contributed by atoms with Crippen LogP contribution in [0.4, 0.5) is 5.69 Å². The number of aliphatic hydroxyl groups excluding tert-OH is 1. The number of rotatable bonds is 5. The summed E-state index contributed by atoms with van der Waals surface area (Å²) in [5.41, 5.74) is 2.28. The largest absolute Gasteiger partial charge is 0.392 e. The quantitative estimate of drug-likeness (QED) is 0.486. The van der Waals surface area contributed by atoms with E-state index in [0.29, 0.717) is 16.9 Å². The first-order valence-electron chi connectivity index (χ1n) is 8.89. The highest BCUT2D eigenvalue weighted by Crippen LogP contribution is 2.24. The van der Waals surface area contributed by atoms with Crippen molar-refractivity contribution in [2.75, 3.05) is 5.32 Å². The van der Waals surface area contributed by atoms with E-state index in [1.165, 1.54) is 15.3 Å². The van der Waals surface area contributed by atoms with Gasteiger partial charge in [0.05, 0.1) is 12.3 Å². The van der Waals surface area contributed by atoms with Crippen LogP contribution in [-0.2, 0) is 17.9 Å². The Kier molecular flexibility index (Phi) is 5.28. The normalized spacial score (nSPS) is 11.0. The van der Waals surface area contributed by atoms with Crippen molar-refractivity contribution in [2.45, 2.75) is 13.2 Å². The highest BCUT2D eigenvalue weighted by Gasteiger charge is 2.18. The molecule has 0 aliphatic heterocycles. The minimum absolute atomic E-state index is 0.151. The second kappa shape index (κ2) is 8.02. The number of amides is 1. The van der Waals surface area contributed by atoms with E-state index in [-0.39, 0.29) is 24.6 Å². The summed E-state index contributed by atoms with van der Waals surface area (Å²) in [6.45, 7) is -0.486. The molecule has 0 bridgehead atoms. The van der Waals surface area contributed by atoms with E-state index >= 15 is 0 Å². The van der Waals surface area contributed by atoms with Crippen LogP contribution in [0.25, 0.3) is 16.8 Å². The number of carbonyl (C=O) groups is 1. The molecule has 0 spiro atoms. The molecule has 2 aromatic heterocycles. The van der Waals surface area contributed by atoms with E-state index in [4.69, 9.17) is 0 Å². The molecule has 0 atom stereocenters. The molecule has 2 N–H and O–H groups in total. The predicted molar refractivity (Wildman–Crippen MR) is 114 cm³/mol. The van der Waals surface area contributed by atoms with Gasteiger partial charge in [-0.1, -0.05) is 46.3 Å². The van der Waals surface area contributed by atoms with Crippen molar-refractivity contribution in [2.24, 2.45) is 0 Å². The fourth-order valence-electron chi connectivity index (χ4n) is 3.14. The SMILES string of the molecule is O=C(Cn1ccn2nc(-c3ccccc3)c(CO)c2c1=O)Nc1ccc(Br)cc1. The Labute approximate surface area is 174 Å². The molecule has 0 saturated heterocycles. The van der Waals surface area contributed by atoms with Gasteiger partial charge in [0.1, 0.15) is 12.1 Å². The summed E-state index contributed by atoms with van der Waals surface area (Å²) in [4.78, 5) is 25.4. The number of nitrogens with zero attached hydrogens (tertiary/aromatic N) is 3. The van der Waals surface area contributed by atoms with Gasteiger partial charge in [0.2, 0.25) is 5.91 Å². The van der Waals surface area contributed by atoms with E-state index in [1.54, 1.807) is 18.3 Å². The van der Waals surface area contributed by atoms with Gasteiger partial charge >= 0.3 is 0 Å². The van der Waals surface area contributed by atoms with Gasteiger partial charge in [-0.25, -0.2) is 4.52 Å². The Bertz CT molecular complexity index is 1230. The zero-order chi connectivity index (χ0) is 20.4. The number of aromatic nitrogens is 3. The van der Waals surface area contributed by atoms with Crippen molar-refractivity contribution in [3.8, 4) is 11.3 Å². The van der Waals surface area contributed by atoms with Gasteiger partial charge < -0.3 is 15.0 Å². The van der Waals surface area contributed by atoms with E-state index < -0.39 is 5.56 Å². The molecule has 0 unspecified atom stereocenters. The van der Waals surface area contributed by atoms with Gasteiger partial charge in [0, 0.05) is 33.7 Å². The molecule has 146 valence electrons. The molecule has 0 aliphatic carbocycles. The highest BCUT2D eigenvalue weighted by molar-refractivity contribution is 9.10. The van der Waals surface area contributed by atoms with Crippen LogP contribution in [0.5, 0.6) is 0 Å². The first-order valence-corrected chi connectivity index (χ1v) is 9.68. The molecule has 8 heteroatoms. The maximum atomic E-state index is 13.0. The molecule has 1 amide bonds. The molecule has 7 nitrogen and oxygen atoms in total. The first kappa shape index (κ1) is 19.1. The van der Waals surface area contributed by atoms with Crippen LogP contribution in [0.1, 0.15) is 5.56 Å². The zero-order valence-corrected chi connectivity index (χ0v) is 16.8. The summed E-state index contributed by atoms with van der Waals surface area (Å²) < 4.78 is 3.65. The number of fused-ring (bicyclic) bond motifs is 1. The molecule has 0 aliphatic rings. The monoisotopic (exact) mass is 452 g/mol. The zero-order valence-electron chi connectivity index (χ0n) is 15.2. The summed E-state index contributed by atoms with van der Waals surface area (Å²) in [5, 5.41) is 17.1. The van der Waals surface area contributed by atoms with Crippen LogP contribution >= 0.6 is 15.9 Å². The fraction of sp³-hybridized carbons (Fsp3) is 0.0952. The second-order valence-corrected chi connectivity index (χ2v) is 7.35. The fourth-order valence-corrected chi connectivity index (χ4v) is 3.41. The van der Waals surface area contributed by atoms with E-state index in [9.17, 15) is 14.7 Å². The Morgan fingerprint density at radius 1 is 1.07 bits per heavy atom. The molecule has 29 heavy (non-hydrogen) atoms. The van der Waals surface area contributed by atoms with Gasteiger partial charge in [0.25, 0.3) is 5.56 Å². The van der Waals surface area contributed by atoms with Gasteiger partial charge in [-0.05, 0) is 24.3 Å². The average molecular weight is 453 g/mol. The Morgan fingerprint density at radius 2 is 1.79 bits per heavy atom. The molecular weight excluding hydrogens is 436 g/mol. The van der Waals surface area contributed by atoms with Crippen molar-refractivity contribution in [3.63, 3.8) is 0 Å². The predicted octanol–water partition coefficient (Wildman–Crippen LogP) is 3.06. The van der Waals surface area contributed by atoms with E-state index in [2.05, 4.69) is 26.3 Å². The number of aliphatic hydroxyl groups is 1. The molecular formula is C21H17BrN4O3. The molecule has 4 aromatic rings. The maximum absolute atomic E-state index is 13.0. The maximum Gasteiger partial charge on any atom is 0.277 e. The van der Waals surface area contributed by atoms with Crippen molar-refractivity contribution < 1.29 is 9.90 Å². The standard InChI is InChI=1S/C21H17BrN4O3/c22-15-6-8-16(9-7-15)23-18(28)12-25-10-11-26-20(21(25)29)17(13-27)19(24-26)14-4-2-1-3-5-14/h1-11,27H,12-13H2,(H,23,28). The number of hydrogen-bond donors (Lipinski definition) is 2. The van der Waals surface area contributed by atoms with Crippen LogP contribution < -0.4 is 10.9 Å². The lowest BCUT2D eigenvalue weighted by Gasteiger charge is -2.08. The van der Waals surface area contributed by atoms with Crippen molar-refractivity contribution in [1.82, 2.24) is 14.2 Å². The summed E-state index contributed by atoms with van der Waals surface area (Å²) in [6.07, 6.45) is 3.12. The Hall–Kier alpha value is -3.23. The Balaban J connectivity index is 1.67. The smallest absolute Gasteiger partial charge is 0.277 e. The third-order valence-electron chi connectivity index (χ3n) is 4.51. The highest BCUT2D eigenvalue weighted by atomic mass is 79.9. The molecule has 2 aromatic carbocycles. The van der Waals surface area contributed by atoms with E-state index in [0.717, 1.165) is 10.0 Å². The minimum atomic E-state index is -0.391. The molecule has 0 radical (unpaired) electrons.